The predicted molar refractivity (Wildman–Crippen MR) is 100 cm³/mol. The molecule has 1 saturated heterocycles. The zero-order valence-electron chi connectivity index (χ0n) is 15.0. The number of hydrogen-bond donors (Lipinski definition) is 0. The lowest BCUT2D eigenvalue weighted by Gasteiger charge is -2.43. The van der Waals surface area contributed by atoms with Crippen LogP contribution in [0.4, 0.5) is 10.4 Å². The Bertz CT molecular complexity index is 1150. The number of benzene rings is 2. The van der Waals surface area contributed by atoms with Gasteiger partial charge >= 0.3 is 11.6 Å². The number of carbonyl (C=O) groups is 1. The highest BCUT2D eigenvalue weighted by molar-refractivity contribution is 6.00. The Labute approximate surface area is 159 Å². The van der Waals surface area contributed by atoms with Crippen molar-refractivity contribution < 1.29 is 18.3 Å². The minimum absolute atomic E-state index is 0.0370. The van der Waals surface area contributed by atoms with Crippen molar-refractivity contribution in [1.29, 1.82) is 0 Å². The van der Waals surface area contributed by atoms with E-state index < -0.39 is 17.0 Å². The number of carbonyl (C=O) groups excluding carboxylic acids is 1. The van der Waals surface area contributed by atoms with E-state index in [4.69, 9.17) is 9.15 Å². The van der Waals surface area contributed by atoms with Gasteiger partial charge in [-0.15, -0.1) is 0 Å². The number of hydrogen-bond acceptors (Lipinski definition) is 6. The number of rotatable bonds is 1. The molecule has 6 nitrogen and oxygen atoms in total. The molecule has 142 valence electrons. The summed E-state index contributed by atoms with van der Waals surface area (Å²) in [5.41, 5.74) is -0.0699. The van der Waals surface area contributed by atoms with Gasteiger partial charge in [0.25, 0.3) is 0 Å². The summed E-state index contributed by atoms with van der Waals surface area (Å²) in [6, 6.07) is 11.3. The molecule has 0 N–H and O–H groups in total. The van der Waals surface area contributed by atoms with Crippen molar-refractivity contribution in [1.82, 2.24) is 4.98 Å². The molecule has 0 unspecified atom stereocenters. The number of Topliss-reactive ketones (excluding diaryl/α,β-unsaturated/α-hetero) is 1. The average molecular weight is 380 g/mol. The van der Waals surface area contributed by atoms with Crippen LogP contribution in [0.25, 0.3) is 10.9 Å². The van der Waals surface area contributed by atoms with Crippen LogP contribution in [0.5, 0.6) is 5.75 Å². The highest BCUT2D eigenvalue weighted by atomic mass is 19.1. The molecule has 2 aliphatic heterocycles. The quantitative estimate of drug-likeness (QED) is 0.645. The van der Waals surface area contributed by atoms with Gasteiger partial charge in [0.15, 0.2) is 5.78 Å². The van der Waals surface area contributed by atoms with Crippen molar-refractivity contribution in [3.05, 3.63) is 64.3 Å². The smallest absolute Gasteiger partial charge is 0.348 e. The molecule has 1 aromatic heterocycles. The summed E-state index contributed by atoms with van der Waals surface area (Å²) in [5, 5.41) is 0.444. The molecule has 1 fully saturated rings. The number of ether oxygens (including phenoxy) is 1. The van der Waals surface area contributed by atoms with Gasteiger partial charge in [-0.3, -0.25) is 4.79 Å². The van der Waals surface area contributed by atoms with E-state index in [0.717, 1.165) is 0 Å². The van der Waals surface area contributed by atoms with Gasteiger partial charge in [0.1, 0.15) is 17.2 Å². The van der Waals surface area contributed by atoms with Crippen molar-refractivity contribution in [2.45, 2.75) is 24.9 Å². The van der Waals surface area contributed by atoms with Crippen LogP contribution in [-0.4, -0.2) is 29.5 Å². The first-order chi connectivity index (χ1) is 13.5. The molecule has 3 aromatic rings. The highest BCUT2D eigenvalue weighted by Crippen LogP contribution is 2.40. The van der Waals surface area contributed by atoms with E-state index in [0.29, 0.717) is 48.1 Å². The minimum atomic E-state index is -0.661. The van der Waals surface area contributed by atoms with Crippen LogP contribution in [0, 0.1) is 5.82 Å². The van der Waals surface area contributed by atoms with Gasteiger partial charge in [-0.25, -0.2) is 9.18 Å². The van der Waals surface area contributed by atoms with Crippen LogP contribution in [0.3, 0.4) is 0 Å². The topological polar surface area (TPSA) is 72.6 Å². The number of nitrogens with zero attached hydrogens (tertiary/aromatic N) is 2. The summed E-state index contributed by atoms with van der Waals surface area (Å²) in [5.74, 6) is -0.159. The molecule has 0 radical (unpaired) electrons. The van der Waals surface area contributed by atoms with Crippen molar-refractivity contribution in [2.75, 3.05) is 18.0 Å². The maximum absolute atomic E-state index is 13.6. The van der Waals surface area contributed by atoms with Crippen LogP contribution >= 0.6 is 0 Å². The Morgan fingerprint density at radius 3 is 2.68 bits per heavy atom. The molecule has 0 atom stereocenters. The predicted octanol–water partition coefficient (Wildman–Crippen LogP) is 3.33. The summed E-state index contributed by atoms with van der Waals surface area (Å²) < 4.78 is 25.1. The maximum atomic E-state index is 13.6. The molecule has 0 aliphatic carbocycles. The average Bonchev–Trinajstić information content (AvgIpc) is 2.68. The summed E-state index contributed by atoms with van der Waals surface area (Å²) in [4.78, 5) is 31.1. The standard InChI is InChI=1S/C21H17FN2O4/c22-13-5-6-15-17(25)12-21(28-18(15)11-13)7-9-24(10-8-21)20-23-16-4-2-1-3-14(16)19(26)27-20/h1-6,11H,7-10,12H2. The van der Waals surface area contributed by atoms with E-state index in [-0.39, 0.29) is 18.2 Å². The largest absolute Gasteiger partial charge is 0.486 e. The minimum Gasteiger partial charge on any atom is -0.486 e. The monoisotopic (exact) mass is 380 g/mol. The molecule has 0 saturated carbocycles. The second-order valence-corrected chi connectivity index (χ2v) is 7.31. The van der Waals surface area contributed by atoms with Gasteiger partial charge in [-0.2, -0.15) is 4.98 Å². The van der Waals surface area contributed by atoms with E-state index in [9.17, 15) is 14.0 Å². The van der Waals surface area contributed by atoms with Crippen LogP contribution in [0.15, 0.2) is 51.7 Å². The molecule has 5 rings (SSSR count). The molecule has 2 aliphatic rings. The van der Waals surface area contributed by atoms with Crippen LogP contribution in [0.1, 0.15) is 29.6 Å². The highest BCUT2D eigenvalue weighted by Gasteiger charge is 2.43. The Morgan fingerprint density at radius 1 is 1.07 bits per heavy atom. The molecular weight excluding hydrogens is 363 g/mol. The first-order valence-electron chi connectivity index (χ1n) is 9.20. The van der Waals surface area contributed by atoms with Crippen molar-refractivity contribution in [2.24, 2.45) is 0 Å². The van der Waals surface area contributed by atoms with Gasteiger partial charge in [-0.1, -0.05) is 12.1 Å². The Balaban J connectivity index is 1.40. The molecule has 2 aromatic carbocycles. The molecule has 0 amide bonds. The number of aromatic nitrogens is 1. The Morgan fingerprint density at radius 2 is 1.86 bits per heavy atom. The van der Waals surface area contributed by atoms with Gasteiger partial charge < -0.3 is 14.1 Å². The number of piperidine rings is 1. The van der Waals surface area contributed by atoms with Crippen molar-refractivity contribution in [3.8, 4) is 5.75 Å². The van der Waals surface area contributed by atoms with Gasteiger partial charge in [0, 0.05) is 32.0 Å². The van der Waals surface area contributed by atoms with Gasteiger partial charge in [-0.05, 0) is 24.3 Å². The first kappa shape index (κ1) is 16.9. The Kier molecular flexibility index (Phi) is 3.72. The van der Waals surface area contributed by atoms with Gasteiger partial charge in [0.05, 0.1) is 22.9 Å². The van der Waals surface area contributed by atoms with Crippen molar-refractivity contribution >= 4 is 22.7 Å². The lowest BCUT2D eigenvalue weighted by Crippen LogP contribution is -2.51. The molecule has 7 heteroatoms. The van der Waals surface area contributed by atoms with E-state index in [1.54, 1.807) is 18.2 Å². The number of para-hydroxylation sites is 1. The fourth-order valence-corrected chi connectivity index (χ4v) is 4.00. The fourth-order valence-electron chi connectivity index (χ4n) is 4.00. The lowest BCUT2D eigenvalue weighted by atomic mass is 9.82. The third-order valence-corrected chi connectivity index (χ3v) is 5.52. The Hall–Kier alpha value is -3.22. The van der Waals surface area contributed by atoms with E-state index in [1.165, 1.54) is 18.2 Å². The second-order valence-electron chi connectivity index (χ2n) is 7.31. The summed E-state index contributed by atoms with van der Waals surface area (Å²) in [6.45, 7) is 1.04. The van der Waals surface area contributed by atoms with Crippen molar-refractivity contribution in [3.63, 3.8) is 0 Å². The fraction of sp³-hybridized carbons (Fsp3) is 0.286. The first-order valence-corrected chi connectivity index (χ1v) is 9.20. The molecule has 1 spiro atoms. The second kappa shape index (κ2) is 6.15. The van der Waals surface area contributed by atoms with Gasteiger partial charge in [0.2, 0.25) is 0 Å². The summed E-state index contributed by atoms with van der Waals surface area (Å²) >= 11 is 0. The molecule has 28 heavy (non-hydrogen) atoms. The zero-order valence-corrected chi connectivity index (χ0v) is 15.0. The van der Waals surface area contributed by atoms with Crippen LogP contribution < -0.4 is 15.3 Å². The molecule has 0 bridgehead atoms. The van der Waals surface area contributed by atoms with E-state index in [1.807, 2.05) is 11.0 Å². The summed E-state index contributed by atoms with van der Waals surface area (Å²) in [6.07, 6.45) is 1.36. The third-order valence-electron chi connectivity index (χ3n) is 5.52. The number of halogens is 1. The van der Waals surface area contributed by atoms with Crippen LogP contribution in [0.2, 0.25) is 0 Å². The third kappa shape index (κ3) is 2.74. The SMILES string of the molecule is O=C1CC2(CCN(c3nc4ccccc4c(=O)o3)CC2)Oc2cc(F)ccc21. The number of anilines is 1. The number of fused-ring (bicyclic) bond motifs is 2. The van der Waals surface area contributed by atoms with E-state index in [2.05, 4.69) is 4.98 Å². The summed E-state index contributed by atoms with van der Waals surface area (Å²) in [7, 11) is 0. The normalized spacial score (nSPS) is 18.2. The van der Waals surface area contributed by atoms with E-state index >= 15 is 0 Å². The molecular formula is C21H17FN2O4. The maximum Gasteiger partial charge on any atom is 0.348 e. The zero-order chi connectivity index (χ0) is 19.3. The molecule has 3 heterocycles. The number of ketones is 1. The van der Waals surface area contributed by atoms with Crippen LogP contribution in [-0.2, 0) is 0 Å². The lowest BCUT2D eigenvalue weighted by molar-refractivity contribution is 0.0223.